The number of benzene rings is 1. The molecule has 4 heteroatoms. The molecule has 0 unspecified atom stereocenters. The molecule has 82 valence electrons. The second-order valence-corrected chi connectivity index (χ2v) is 4.79. The summed E-state index contributed by atoms with van der Waals surface area (Å²) in [6, 6.07) is 7.53. The molecule has 0 amide bonds. The van der Waals surface area contributed by atoms with Gasteiger partial charge in [-0.05, 0) is 39.0 Å². The van der Waals surface area contributed by atoms with Crippen LogP contribution < -0.4 is 5.73 Å². The molecule has 0 aliphatic heterocycles. The van der Waals surface area contributed by atoms with Crippen LogP contribution in [0, 0.1) is 11.3 Å². The maximum Gasteiger partial charge on any atom is 0.201 e. The van der Waals surface area contributed by atoms with Crippen LogP contribution in [0.25, 0.3) is 11.0 Å². The molecule has 0 bridgehead atoms. The summed E-state index contributed by atoms with van der Waals surface area (Å²) in [7, 11) is 0. The molecule has 0 saturated heterocycles. The summed E-state index contributed by atoms with van der Waals surface area (Å²) in [4.78, 5) is 4.29. The lowest BCUT2D eigenvalue weighted by Crippen LogP contribution is -2.23. The lowest BCUT2D eigenvalue weighted by Gasteiger charge is -2.23. The lowest BCUT2D eigenvalue weighted by atomic mass is 10.1. The molecule has 2 N–H and O–H groups in total. The third kappa shape index (κ3) is 1.50. The van der Waals surface area contributed by atoms with Crippen molar-refractivity contribution in [1.82, 2.24) is 9.55 Å². The summed E-state index contributed by atoms with van der Waals surface area (Å²) in [6.07, 6.45) is 0. The van der Waals surface area contributed by atoms with Gasteiger partial charge in [0, 0.05) is 5.54 Å². The SMILES string of the molecule is CC(C)(C)n1c(N)nc2ccc(C#N)cc21. The molecule has 0 atom stereocenters. The number of fused-ring (bicyclic) bond motifs is 1. The highest BCUT2D eigenvalue weighted by Crippen LogP contribution is 2.26. The summed E-state index contributed by atoms with van der Waals surface area (Å²) >= 11 is 0. The normalized spacial score (nSPS) is 11.6. The van der Waals surface area contributed by atoms with E-state index in [-0.39, 0.29) is 5.54 Å². The zero-order valence-electron chi connectivity index (χ0n) is 9.65. The van der Waals surface area contributed by atoms with E-state index in [2.05, 4.69) is 31.8 Å². The van der Waals surface area contributed by atoms with Crippen molar-refractivity contribution in [2.24, 2.45) is 0 Å². The molecular formula is C12H14N4. The Morgan fingerprint density at radius 3 is 2.62 bits per heavy atom. The van der Waals surface area contributed by atoms with Crippen LogP contribution in [-0.4, -0.2) is 9.55 Å². The van der Waals surface area contributed by atoms with Crippen molar-refractivity contribution in [3.63, 3.8) is 0 Å². The maximum absolute atomic E-state index is 8.89. The average Bonchev–Trinajstić information content (AvgIpc) is 2.51. The molecule has 2 rings (SSSR count). The fraction of sp³-hybridized carbons (Fsp3) is 0.333. The average molecular weight is 214 g/mol. The van der Waals surface area contributed by atoms with E-state index in [1.807, 2.05) is 16.7 Å². The van der Waals surface area contributed by atoms with Gasteiger partial charge in [0.05, 0.1) is 22.7 Å². The Morgan fingerprint density at radius 2 is 2.06 bits per heavy atom. The van der Waals surface area contributed by atoms with Gasteiger partial charge in [-0.2, -0.15) is 5.26 Å². The second-order valence-electron chi connectivity index (χ2n) is 4.79. The first kappa shape index (κ1) is 10.5. The van der Waals surface area contributed by atoms with E-state index >= 15 is 0 Å². The molecule has 16 heavy (non-hydrogen) atoms. The predicted octanol–water partition coefficient (Wildman–Crippen LogP) is 2.25. The monoisotopic (exact) mass is 214 g/mol. The van der Waals surface area contributed by atoms with Gasteiger partial charge in [-0.25, -0.2) is 4.98 Å². The van der Waals surface area contributed by atoms with Crippen molar-refractivity contribution in [3.05, 3.63) is 23.8 Å². The van der Waals surface area contributed by atoms with Gasteiger partial charge in [0.15, 0.2) is 0 Å². The van der Waals surface area contributed by atoms with E-state index in [1.54, 1.807) is 6.07 Å². The van der Waals surface area contributed by atoms with Gasteiger partial charge < -0.3 is 10.3 Å². The molecule has 0 fully saturated rings. The Morgan fingerprint density at radius 1 is 1.38 bits per heavy atom. The van der Waals surface area contributed by atoms with Crippen molar-refractivity contribution in [3.8, 4) is 6.07 Å². The Hall–Kier alpha value is -2.02. The number of nitrogens with zero attached hydrogens (tertiary/aromatic N) is 3. The molecule has 2 aromatic rings. The van der Waals surface area contributed by atoms with Gasteiger partial charge in [0.25, 0.3) is 0 Å². The van der Waals surface area contributed by atoms with Crippen molar-refractivity contribution in [2.45, 2.75) is 26.3 Å². The predicted molar refractivity (Wildman–Crippen MR) is 63.9 cm³/mol. The molecule has 0 radical (unpaired) electrons. The van der Waals surface area contributed by atoms with E-state index in [1.165, 1.54) is 0 Å². The fourth-order valence-corrected chi connectivity index (χ4v) is 1.87. The number of nitriles is 1. The molecule has 1 aromatic carbocycles. The standard InChI is InChI=1S/C12H14N4/c1-12(2,3)16-10-6-8(7-13)4-5-9(10)15-11(16)14/h4-6H,1-3H3,(H2,14,15). The quantitative estimate of drug-likeness (QED) is 0.731. The number of anilines is 1. The van der Waals surface area contributed by atoms with E-state index in [0.717, 1.165) is 11.0 Å². The van der Waals surface area contributed by atoms with Crippen LogP contribution in [0.2, 0.25) is 0 Å². The summed E-state index contributed by atoms with van der Waals surface area (Å²) in [5, 5.41) is 8.89. The largest absolute Gasteiger partial charge is 0.369 e. The van der Waals surface area contributed by atoms with E-state index in [0.29, 0.717) is 11.5 Å². The summed E-state index contributed by atoms with van der Waals surface area (Å²) < 4.78 is 1.95. The highest BCUT2D eigenvalue weighted by Gasteiger charge is 2.19. The third-order valence-corrected chi connectivity index (χ3v) is 2.48. The van der Waals surface area contributed by atoms with Gasteiger partial charge in [-0.15, -0.1) is 0 Å². The van der Waals surface area contributed by atoms with Crippen molar-refractivity contribution >= 4 is 17.0 Å². The lowest BCUT2D eigenvalue weighted by molar-refractivity contribution is 0.414. The van der Waals surface area contributed by atoms with Gasteiger partial charge in [0.1, 0.15) is 0 Å². The maximum atomic E-state index is 8.89. The second kappa shape index (κ2) is 3.24. The molecule has 0 saturated carbocycles. The van der Waals surface area contributed by atoms with Crippen molar-refractivity contribution in [2.75, 3.05) is 5.73 Å². The molecular weight excluding hydrogens is 200 g/mol. The van der Waals surface area contributed by atoms with Crippen molar-refractivity contribution < 1.29 is 0 Å². The molecule has 0 aliphatic carbocycles. The first-order chi connectivity index (χ1) is 7.43. The van der Waals surface area contributed by atoms with Crippen LogP contribution in [0.4, 0.5) is 5.95 Å². The van der Waals surface area contributed by atoms with Gasteiger partial charge in [-0.3, -0.25) is 0 Å². The first-order valence-electron chi connectivity index (χ1n) is 5.12. The summed E-state index contributed by atoms with van der Waals surface area (Å²) in [5.41, 5.74) is 8.11. The number of nitrogens with two attached hydrogens (primary N) is 1. The number of rotatable bonds is 0. The van der Waals surface area contributed by atoms with E-state index in [4.69, 9.17) is 11.0 Å². The van der Waals surface area contributed by atoms with E-state index in [9.17, 15) is 0 Å². The van der Waals surface area contributed by atoms with Crippen LogP contribution >= 0.6 is 0 Å². The Kier molecular flexibility index (Phi) is 2.13. The third-order valence-electron chi connectivity index (χ3n) is 2.48. The highest BCUT2D eigenvalue weighted by molar-refractivity contribution is 5.80. The minimum atomic E-state index is -0.146. The zero-order chi connectivity index (χ0) is 11.9. The molecule has 4 nitrogen and oxygen atoms in total. The van der Waals surface area contributed by atoms with Crippen LogP contribution in [0.5, 0.6) is 0 Å². The molecule has 0 spiro atoms. The van der Waals surface area contributed by atoms with Crippen LogP contribution in [0.3, 0.4) is 0 Å². The fourth-order valence-electron chi connectivity index (χ4n) is 1.87. The highest BCUT2D eigenvalue weighted by atomic mass is 15.2. The zero-order valence-corrected chi connectivity index (χ0v) is 9.65. The molecule has 1 aromatic heterocycles. The van der Waals surface area contributed by atoms with Gasteiger partial charge in [-0.1, -0.05) is 0 Å². The minimum absolute atomic E-state index is 0.146. The van der Waals surface area contributed by atoms with Gasteiger partial charge >= 0.3 is 0 Å². The Balaban J connectivity index is 2.82. The van der Waals surface area contributed by atoms with Crippen molar-refractivity contribution in [1.29, 1.82) is 5.26 Å². The number of aromatic nitrogens is 2. The van der Waals surface area contributed by atoms with Crippen LogP contribution in [-0.2, 0) is 5.54 Å². The number of imidazole rings is 1. The first-order valence-corrected chi connectivity index (χ1v) is 5.12. The Labute approximate surface area is 94.3 Å². The Bertz CT molecular complexity index is 581. The topological polar surface area (TPSA) is 67.6 Å². The summed E-state index contributed by atoms with van der Waals surface area (Å²) in [5.74, 6) is 0.484. The summed E-state index contributed by atoms with van der Waals surface area (Å²) in [6.45, 7) is 6.18. The number of nitrogen functional groups attached to an aromatic ring is 1. The van der Waals surface area contributed by atoms with Crippen LogP contribution in [0.1, 0.15) is 26.3 Å². The number of hydrogen-bond acceptors (Lipinski definition) is 3. The van der Waals surface area contributed by atoms with Crippen LogP contribution in [0.15, 0.2) is 18.2 Å². The molecule has 0 aliphatic rings. The number of hydrogen-bond donors (Lipinski definition) is 1. The minimum Gasteiger partial charge on any atom is -0.369 e. The van der Waals surface area contributed by atoms with Gasteiger partial charge in [0.2, 0.25) is 5.95 Å². The van der Waals surface area contributed by atoms with E-state index < -0.39 is 0 Å². The molecule has 1 heterocycles. The smallest absolute Gasteiger partial charge is 0.201 e.